The van der Waals surface area contributed by atoms with Crippen molar-refractivity contribution in [2.45, 2.75) is 37.3 Å². The van der Waals surface area contributed by atoms with Crippen molar-refractivity contribution in [3.8, 4) is 0 Å². The van der Waals surface area contributed by atoms with Gasteiger partial charge in [-0.1, -0.05) is 6.42 Å². The smallest absolute Gasteiger partial charge is 0.0633 e. The van der Waals surface area contributed by atoms with E-state index in [4.69, 9.17) is 10.8 Å². The summed E-state index contributed by atoms with van der Waals surface area (Å²) < 4.78 is 0. The van der Waals surface area contributed by atoms with Gasteiger partial charge in [0, 0.05) is 11.0 Å². The van der Waals surface area contributed by atoms with Gasteiger partial charge in [-0.25, -0.2) is 0 Å². The standard InChI is InChI=1S/C8H15NO2.ClH/c9-8(5-10)4-6(11)7(8)2-1-3-7;/h6,10-11H,1-5,9H2;1H/t6-,8-;/m1./s1. The zero-order valence-corrected chi connectivity index (χ0v) is 7.81. The van der Waals surface area contributed by atoms with Crippen LogP contribution in [0.2, 0.25) is 0 Å². The molecule has 0 aromatic rings. The minimum atomic E-state index is -0.468. The normalized spacial score (nSPS) is 42.8. The summed E-state index contributed by atoms with van der Waals surface area (Å²) >= 11 is 0. The highest BCUT2D eigenvalue weighted by Crippen LogP contribution is 2.60. The SMILES string of the molecule is Cl.N[C@@]1(CO)C[C@@H](O)C12CCC2. The van der Waals surface area contributed by atoms with Crippen LogP contribution in [-0.2, 0) is 0 Å². The second-order valence-corrected chi connectivity index (χ2v) is 4.04. The van der Waals surface area contributed by atoms with E-state index in [0.29, 0.717) is 6.42 Å². The van der Waals surface area contributed by atoms with Gasteiger partial charge in [-0.2, -0.15) is 0 Å². The molecular formula is C8H16ClNO2. The highest BCUT2D eigenvalue weighted by molar-refractivity contribution is 5.85. The fourth-order valence-corrected chi connectivity index (χ4v) is 2.56. The molecule has 4 N–H and O–H groups in total. The fraction of sp³-hybridized carbons (Fsp3) is 1.00. The fourth-order valence-electron chi connectivity index (χ4n) is 2.56. The molecule has 0 unspecified atom stereocenters. The quantitative estimate of drug-likeness (QED) is 0.551. The molecular weight excluding hydrogens is 178 g/mol. The molecule has 0 aromatic carbocycles. The molecule has 0 heterocycles. The first-order valence-corrected chi connectivity index (χ1v) is 4.22. The highest BCUT2D eigenvalue weighted by Gasteiger charge is 2.65. The van der Waals surface area contributed by atoms with Crippen LogP contribution >= 0.6 is 12.4 Å². The van der Waals surface area contributed by atoms with E-state index in [1.165, 1.54) is 0 Å². The van der Waals surface area contributed by atoms with E-state index in [-0.39, 0.29) is 30.5 Å². The zero-order valence-electron chi connectivity index (χ0n) is 6.99. The molecule has 2 rings (SSSR count). The van der Waals surface area contributed by atoms with Crippen molar-refractivity contribution in [3.05, 3.63) is 0 Å². The summed E-state index contributed by atoms with van der Waals surface area (Å²) in [4.78, 5) is 0. The monoisotopic (exact) mass is 193 g/mol. The Labute approximate surface area is 78.4 Å². The molecule has 12 heavy (non-hydrogen) atoms. The van der Waals surface area contributed by atoms with Crippen molar-refractivity contribution < 1.29 is 10.2 Å². The van der Waals surface area contributed by atoms with E-state index in [0.717, 1.165) is 19.3 Å². The van der Waals surface area contributed by atoms with E-state index in [9.17, 15) is 5.11 Å². The number of aliphatic hydroxyl groups is 2. The third-order valence-electron chi connectivity index (χ3n) is 3.71. The average Bonchev–Trinajstić information content (AvgIpc) is 1.83. The van der Waals surface area contributed by atoms with E-state index < -0.39 is 5.54 Å². The summed E-state index contributed by atoms with van der Waals surface area (Å²) in [5.74, 6) is 0. The molecule has 0 bridgehead atoms. The largest absolute Gasteiger partial charge is 0.394 e. The lowest BCUT2D eigenvalue weighted by atomic mass is 9.44. The maximum Gasteiger partial charge on any atom is 0.0633 e. The first-order valence-electron chi connectivity index (χ1n) is 4.22. The van der Waals surface area contributed by atoms with Gasteiger partial charge in [-0.3, -0.25) is 0 Å². The Morgan fingerprint density at radius 1 is 1.42 bits per heavy atom. The van der Waals surface area contributed by atoms with E-state index in [2.05, 4.69) is 0 Å². The Kier molecular flexibility index (Phi) is 2.43. The van der Waals surface area contributed by atoms with Gasteiger partial charge in [0.2, 0.25) is 0 Å². The van der Waals surface area contributed by atoms with Gasteiger partial charge in [0.1, 0.15) is 0 Å². The Hall–Kier alpha value is 0.170. The molecule has 1 spiro atoms. The third-order valence-corrected chi connectivity index (χ3v) is 3.71. The predicted octanol–water partition coefficient (Wildman–Crippen LogP) is 0.0329. The topological polar surface area (TPSA) is 66.5 Å². The summed E-state index contributed by atoms with van der Waals surface area (Å²) in [6.07, 6.45) is 3.45. The van der Waals surface area contributed by atoms with Crippen LogP contribution in [0.1, 0.15) is 25.7 Å². The van der Waals surface area contributed by atoms with Crippen molar-refractivity contribution in [2.75, 3.05) is 6.61 Å². The van der Waals surface area contributed by atoms with Crippen molar-refractivity contribution in [2.24, 2.45) is 11.1 Å². The highest BCUT2D eigenvalue weighted by atomic mass is 35.5. The number of hydrogen-bond donors (Lipinski definition) is 3. The summed E-state index contributed by atoms with van der Waals surface area (Å²) in [6, 6.07) is 0. The Morgan fingerprint density at radius 2 is 2.00 bits per heavy atom. The van der Waals surface area contributed by atoms with Crippen LogP contribution < -0.4 is 5.73 Å². The van der Waals surface area contributed by atoms with Crippen LogP contribution in [0.15, 0.2) is 0 Å². The second kappa shape index (κ2) is 2.84. The zero-order chi connectivity index (χ0) is 8.11. The molecule has 72 valence electrons. The summed E-state index contributed by atoms with van der Waals surface area (Å²) in [5.41, 5.74) is 5.35. The van der Waals surface area contributed by atoms with Gasteiger partial charge in [0.25, 0.3) is 0 Å². The van der Waals surface area contributed by atoms with Crippen LogP contribution in [0.5, 0.6) is 0 Å². The average molecular weight is 194 g/mol. The molecule has 4 heteroatoms. The van der Waals surface area contributed by atoms with Crippen molar-refractivity contribution >= 4 is 12.4 Å². The van der Waals surface area contributed by atoms with Crippen molar-refractivity contribution in [1.29, 1.82) is 0 Å². The molecule has 0 amide bonds. The number of rotatable bonds is 1. The van der Waals surface area contributed by atoms with Crippen LogP contribution in [0, 0.1) is 5.41 Å². The van der Waals surface area contributed by atoms with Crippen molar-refractivity contribution in [1.82, 2.24) is 0 Å². The lowest BCUT2D eigenvalue weighted by Crippen LogP contribution is -2.75. The molecule has 2 atom stereocenters. The minimum absolute atomic E-state index is 0. The molecule has 2 aliphatic carbocycles. The van der Waals surface area contributed by atoms with Gasteiger partial charge in [-0.05, 0) is 19.3 Å². The number of nitrogens with two attached hydrogens (primary N) is 1. The lowest BCUT2D eigenvalue weighted by Gasteiger charge is -2.65. The van der Waals surface area contributed by atoms with Gasteiger partial charge in [0.15, 0.2) is 0 Å². The maximum atomic E-state index is 9.49. The van der Waals surface area contributed by atoms with E-state index in [1.54, 1.807) is 0 Å². The maximum absolute atomic E-state index is 9.49. The third kappa shape index (κ3) is 0.880. The first kappa shape index (κ1) is 10.3. The number of halogens is 1. The molecule has 2 aliphatic rings. The molecule has 3 nitrogen and oxygen atoms in total. The van der Waals surface area contributed by atoms with Crippen LogP contribution in [-0.4, -0.2) is 28.5 Å². The Morgan fingerprint density at radius 3 is 2.17 bits per heavy atom. The van der Waals surface area contributed by atoms with Crippen LogP contribution in [0.25, 0.3) is 0 Å². The summed E-state index contributed by atoms with van der Waals surface area (Å²) in [5, 5.41) is 18.5. The second-order valence-electron chi connectivity index (χ2n) is 4.04. The van der Waals surface area contributed by atoms with E-state index >= 15 is 0 Å². The van der Waals surface area contributed by atoms with Gasteiger partial charge in [-0.15, -0.1) is 12.4 Å². The summed E-state index contributed by atoms with van der Waals surface area (Å²) in [6.45, 7) is 0.0179. The molecule has 0 saturated heterocycles. The summed E-state index contributed by atoms with van der Waals surface area (Å²) in [7, 11) is 0. The van der Waals surface area contributed by atoms with Crippen LogP contribution in [0.3, 0.4) is 0 Å². The Balaban J connectivity index is 0.000000720. The van der Waals surface area contributed by atoms with Gasteiger partial charge < -0.3 is 15.9 Å². The van der Waals surface area contributed by atoms with Crippen molar-refractivity contribution in [3.63, 3.8) is 0 Å². The molecule has 2 saturated carbocycles. The molecule has 0 aliphatic heterocycles. The van der Waals surface area contributed by atoms with Crippen LogP contribution in [0.4, 0.5) is 0 Å². The predicted molar refractivity (Wildman–Crippen MR) is 48.2 cm³/mol. The number of hydrogen-bond acceptors (Lipinski definition) is 3. The van der Waals surface area contributed by atoms with E-state index in [1.807, 2.05) is 0 Å². The molecule has 2 fully saturated rings. The molecule has 0 aromatic heterocycles. The van der Waals surface area contributed by atoms with Gasteiger partial charge >= 0.3 is 0 Å². The first-order chi connectivity index (χ1) is 5.15. The number of aliphatic hydroxyl groups excluding tert-OH is 2. The Bertz CT molecular complexity index is 184. The minimum Gasteiger partial charge on any atom is -0.394 e. The lowest BCUT2D eigenvalue weighted by molar-refractivity contribution is -0.196. The van der Waals surface area contributed by atoms with Gasteiger partial charge in [0.05, 0.1) is 12.7 Å². The molecule has 0 radical (unpaired) electrons.